The summed E-state index contributed by atoms with van der Waals surface area (Å²) >= 11 is 0. The molecular weight excluding hydrogens is 236 g/mol. The Hall–Kier alpha value is -1.82. The van der Waals surface area contributed by atoms with Crippen LogP contribution in [-0.2, 0) is 0 Å². The van der Waals surface area contributed by atoms with Crippen molar-refractivity contribution in [1.29, 1.82) is 5.26 Å². The number of carbonyl (C=O) groups is 1. The van der Waals surface area contributed by atoms with Crippen LogP contribution in [0.25, 0.3) is 0 Å². The Balaban J connectivity index is 2.34. The molecule has 100 valence electrons. The Kier molecular flexibility index (Phi) is 4.57. The SMILES string of the molecule is CC(=O)c1ccc(C#N)cc1N1CCCCCCC1. The summed E-state index contributed by atoms with van der Waals surface area (Å²) in [6.45, 7) is 3.55. The highest BCUT2D eigenvalue weighted by Crippen LogP contribution is 2.25. The molecular formula is C16H20N2O. The van der Waals surface area contributed by atoms with Crippen molar-refractivity contribution in [3.8, 4) is 6.07 Å². The monoisotopic (exact) mass is 256 g/mol. The van der Waals surface area contributed by atoms with Crippen LogP contribution in [0.2, 0.25) is 0 Å². The van der Waals surface area contributed by atoms with Crippen molar-refractivity contribution >= 4 is 11.5 Å². The predicted molar refractivity (Wildman–Crippen MR) is 76.5 cm³/mol. The van der Waals surface area contributed by atoms with E-state index < -0.39 is 0 Å². The molecule has 1 saturated heterocycles. The van der Waals surface area contributed by atoms with E-state index in [1.54, 1.807) is 19.1 Å². The highest BCUT2D eigenvalue weighted by atomic mass is 16.1. The molecule has 1 fully saturated rings. The summed E-state index contributed by atoms with van der Waals surface area (Å²) < 4.78 is 0. The molecule has 0 amide bonds. The molecule has 0 N–H and O–H groups in total. The van der Waals surface area contributed by atoms with Gasteiger partial charge in [0.15, 0.2) is 5.78 Å². The summed E-state index contributed by atoms with van der Waals surface area (Å²) in [5.41, 5.74) is 2.30. The number of rotatable bonds is 2. The lowest BCUT2D eigenvalue weighted by Crippen LogP contribution is -2.28. The van der Waals surface area contributed by atoms with Crippen LogP contribution in [0.1, 0.15) is 54.9 Å². The molecule has 0 aliphatic carbocycles. The van der Waals surface area contributed by atoms with Crippen molar-refractivity contribution in [2.75, 3.05) is 18.0 Å². The standard InChI is InChI=1S/C16H20N2O/c1-13(19)15-8-7-14(12-17)11-16(15)18-9-5-3-2-4-6-10-18/h7-8,11H,2-6,9-10H2,1H3. The number of hydrogen-bond donors (Lipinski definition) is 0. The number of carbonyl (C=O) groups excluding carboxylic acids is 1. The summed E-state index contributed by atoms with van der Waals surface area (Å²) in [7, 11) is 0. The minimum Gasteiger partial charge on any atom is -0.371 e. The normalized spacial score (nSPS) is 16.3. The zero-order valence-corrected chi connectivity index (χ0v) is 11.5. The van der Waals surface area contributed by atoms with Gasteiger partial charge in [-0.1, -0.05) is 19.3 Å². The number of nitrogens with zero attached hydrogens (tertiary/aromatic N) is 2. The second kappa shape index (κ2) is 6.38. The van der Waals surface area contributed by atoms with E-state index in [1.807, 2.05) is 6.07 Å². The van der Waals surface area contributed by atoms with Gasteiger partial charge < -0.3 is 4.90 Å². The number of benzene rings is 1. The first kappa shape index (κ1) is 13.6. The molecule has 1 heterocycles. The lowest BCUT2D eigenvalue weighted by Gasteiger charge is -2.28. The molecule has 1 aromatic carbocycles. The first-order valence-electron chi connectivity index (χ1n) is 7.02. The van der Waals surface area contributed by atoms with Crippen LogP contribution in [0.3, 0.4) is 0 Å². The minimum absolute atomic E-state index is 0.0709. The Morgan fingerprint density at radius 1 is 1.16 bits per heavy atom. The van der Waals surface area contributed by atoms with E-state index in [1.165, 1.54) is 19.3 Å². The van der Waals surface area contributed by atoms with Gasteiger partial charge in [0, 0.05) is 24.3 Å². The molecule has 0 bridgehead atoms. The maximum absolute atomic E-state index is 11.8. The molecule has 2 rings (SSSR count). The Morgan fingerprint density at radius 3 is 2.37 bits per heavy atom. The zero-order chi connectivity index (χ0) is 13.7. The highest BCUT2D eigenvalue weighted by molar-refractivity contribution is 6.00. The zero-order valence-electron chi connectivity index (χ0n) is 11.5. The molecule has 1 aliphatic rings. The summed E-state index contributed by atoms with van der Waals surface area (Å²) in [6.07, 6.45) is 6.14. The van der Waals surface area contributed by atoms with E-state index in [0.717, 1.165) is 37.2 Å². The van der Waals surface area contributed by atoms with Crippen LogP contribution >= 0.6 is 0 Å². The van der Waals surface area contributed by atoms with E-state index in [0.29, 0.717) is 5.56 Å². The van der Waals surface area contributed by atoms with Crippen molar-refractivity contribution in [2.45, 2.75) is 39.0 Å². The topological polar surface area (TPSA) is 44.1 Å². The fourth-order valence-electron chi connectivity index (χ4n) is 2.65. The molecule has 1 aromatic rings. The van der Waals surface area contributed by atoms with Crippen molar-refractivity contribution in [1.82, 2.24) is 0 Å². The molecule has 0 spiro atoms. The van der Waals surface area contributed by atoms with Gasteiger partial charge in [-0.3, -0.25) is 4.79 Å². The Labute approximate surface area is 114 Å². The maximum Gasteiger partial charge on any atom is 0.161 e. The molecule has 0 atom stereocenters. The predicted octanol–water partition coefficient (Wildman–Crippen LogP) is 3.53. The van der Waals surface area contributed by atoms with Crippen LogP contribution in [0.15, 0.2) is 18.2 Å². The molecule has 19 heavy (non-hydrogen) atoms. The van der Waals surface area contributed by atoms with Crippen molar-refractivity contribution in [3.05, 3.63) is 29.3 Å². The second-order valence-corrected chi connectivity index (χ2v) is 5.15. The van der Waals surface area contributed by atoms with Crippen molar-refractivity contribution < 1.29 is 4.79 Å². The first-order valence-corrected chi connectivity index (χ1v) is 7.02. The molecule has 1 aliphatic heterocycles. The number of anilines is 1. The van der Waals surface area contributed by atoms with Gasteiger partial charge in [-0.2, -0.15) is 5.26 Å². The lowest BCUT2D eigenvalue weighted by atomic mass is 10.0. The van der Waals surface area contributed by atoms with E-state index >= 15 is 0 Å². The van der Waals surface area contributed by atoms with E-state index in [4.69, 9.17) is 5.26 Å². The van der Waals surface area contributed by atoms with Gasteiger partial charge in [-0.15, -0.1) is 0 Å². The fourth-order valence-corrected chi connectivity index (χ4v) is 2.65. The molecule has 0 saturated carbocycles. The lowest BCUT2D eigenvalue weighted by molar-refractivity contribution is 0.101. The van der Waals surface area contributed by atoms with Gasteiger partial charge in [0.1, 0.15) is 0 Å². The van der Waals surface area contributed by atoms with Crippen LogP contribution in [-0.4, -0.2) is 18.9 Å². The van der Waals surface area contributed by atoms with E-state index in [2.05, 4.69) is 11.0 Å². The van der Waals surface area contributed by atoms with Gasteiger partial charge in [-0.05, 0) is 38.0 Å². The first-order chi connectivity index (χ1) is 9.22. The van der Waals surface area contributed by atoms with Gasteiger partial charge >= 0.3 is 0 Å². The van der Waals surface area contributed by atoms with Crippen LogP contribution in [0.5, 0.6) is 0 Å². The molecule has 0 unspecified atom stereocenters. The summed E-state index contributed by atoms with van der Waals surface area (Å²) in [6, 6.07) is 7.54. The third-order valence-corrected chi connectivity index (χ3v) is 3.70. The molecule has 3 nitrogen and oxygen atoms in total. The minimum atomic E-state index is 0.0709. The number of hydrogen-bond acceptors (Lipinski definition) is 3. The van der Waals surface area contributed by atoms with Gasteiger partial charge in [0.25, 0.3) is 0 Å². The highest BCUT2D eigenvalue weighted by Gasteiger charge is 2.16. The summed E-state index contributed by atoms with van der Waals surface area (Å²) in [5, 5.41) is 9.04. The third kappa shape index (κ3) is 3.35. The fraction of sp³-hybridized carbons (Fsp3) is 0.500. The second-order valence-electron chi connectivity index (χ2n) is 5.15. The van der Waals surface area contributed by atoms with Crippen molar-refractivity contribution in [3.63, 3.8) is 0 Å². The number of ketones is 1. The smallest absolute Gasteiger partial charge is 0.161 e. The van der Waals surface area contributed by atoms with Crippen LogP contribution < -0.4 is 4.90 Å². The largest absolute Gasteiger partial charge is 0.371 e. The summed E-state index contributed by atoms with van der Waals surface area (Å²) in [4.78, 5) is 14.0. The van der Waals surface area contributed by atoms with Gasteiger partial charge in [-0.25, -0.2) is 0 Å². The maximum atomic E-state index is 11.8. The molecule has 0 radical (unpaired) electrons. The van der Waals surface area contributed by atoms with Crippen molar-refractivity contribution in [2.24, 2.45) is 0 Å². The number of nitriles is 1. The Morgan fingerprint density at radius 2 is 1.79 bits per heavy atom. The molecule has 0 aromatic heterocycles. The number of Topliss-reactive ketones (excluding diaryl/α,β-unsaturated/α-hetero) is 1. The quantitative estimate of drug-likeness (QED) is 0.760. The van der Waals surface area contributed by atoms with Crippen LogP contribution in [0, 0.1) is 11.3 Å². The van der Waals surface area contributed by atoms with E-state index in [9.17, 15) is 4.79 Å². The van der Waals surface area contributed by atoms with E-state index in [-0.39, 0.29) is 5.78 Å². The average molecular weight is 256 g/mol. The van der Waals surface area contributed by atoms with Gasteiger partial charge in [0.2, 0.25) is 0 Å². The molecule has 3 heteroatoms. The van der Waals surface area contributed by atoms with Gasteiger partial charge in [0.05, 0.1) is 11.6 Å². The van der Waals surface area contributed by atoms with Crippen LogP contribution in [0.4, 0.5) is 5.69 Å². The summed E-state index contributed by atoms with van der Waals surface area (Å²) in [5.74, 6) is 0.0709. The average Bonchev–Trinajstić information content (AvgIpc) is 2.37. The third-order valence-electron chi connectivity index (χ3n) is 3.70. The Bertz CT molecular complexity index is 494.